The molecule has 0 saturated heterocycles. The van der Waals surface area contributed by atoms with Crippen LogP contribution in [-0.4, -0.2) is 38.1 Å². The first-order chi connectivity index (χ1) is 7.51. The summed E-state index contributed by atoms with van der Waals surface area (Å²) in [6.45, 7) is 6.62. The Morgan fingerprint density at radius 3 is 2.38 bits per heavy atom. The Balaban J connectivity index is 4.11. The average Bonchev–Trinajstić information content (AvgIpc) is 2.23. The smallest absolute Gasteiger partial charge is 0.322 e. The van der Waals surface area contributed by atoms with Gasteiger partial charge in [0.2, 0.25) is 5.91 Å². The fraction of sp³-hybridized carbons (Fsp3) is 0.818. The molecule has 16 heavy (non-hydrogen) atoms. The van der Waals surface area contributed by atoms with Crippen LogP contribution in [0, 0.1) is 5.92 Å². The monoisotopic (exact) mass is 230 g/mol. The summed E-state index contributed by atoms with van der Waals surface area (Å²) in [5.41, 5.74) is 0. The highest BCUT2D eigenvalue weighted by Gasteiger charge is 2.20. The summed E-state index contributed by atoms with van der Waals surface area (Å²) >= 11 is 0. The van der Waals surface area contributed by atoms with E-state index in [1.165, 1.54) is 7.11 Å². The molecule has 0 aliphatic heterocycles. The van der Waals surface area contributed by atoms with Crippen LogP contribution in [0.4, 0.5) is 0 Å². The Morgan fingerprint density at radius 1 is 1.31 bits per heavy atom. The third-order valence-electron chi connectivity index (χ3n) is 2.08. The number of nitrogens with one attached hydrogen (secondary N) is 2. The van der Waals surface area contributed by atoms with Crippen LogP contribution in [0.1, 0.15) is 27.2 Å². The maximum atomic E-state index is 11.4. The molecule has 0 bridgehead atoms. The Bertz CT molecular complexity index is 229. The van der Waals surface area contributed by atoms with Crippen LogP contribution < -0.4 is 10.6 Å². The molecule has 0 fully saturated rings. The first-order valence-electron chi connectivity index (χ1n) is 5.59. The molecule has 0 saturated carbocycles. The van der Waals surface area contributed by atoms with E-state index in [0.29, 0.717) is 18.9 Å². The topological polar surface area (TPSA) is 67.4 Å². The predicted molar refractivity (Wildman–Crippen MR) is 61.9 cm³/mol. The Morgan fingerprint density at radius 2 is 1.94 bits per heavy atom. The lowest BCUT2D eigenvalue weighted by atomic mass is 10.0. The number of esters is 1. The zero-order valence-electron chi connectivity index (χ0n) is 10.5. The maximum Gasteiger partial charge on any atom is 0.322 e. The van der Waals surface area contributed by atoms with Crippen molar-refractivity contribution in [2.75, 3.05) is 20.2 Å². The molecular weight excluding hydrogens is 208 g/mol. The first kappa shape index (κ1) is 14.9. The Labute approximate surface area is 96.9 Å². The van der Waals surface area contributed by atoms with Gasteiger partial charge in [-0.1, -0.05) is 13.8 Å². The van der Waals surface area contributed by atoms with Crippen molar-refractivity contribution in [1.82, 2.24) is 10.6 Å². The quantitative estimate of drug-likeness (QED) is 0.617. The van der Waals surface area contributed by atoms with E-state index < -0.39 is 6.04 Å². The molecule has 1 atom stereocenters. The number of hydrogen-bond donors (Lipinski definition) is 2. The van der Waals surface area contributed by atoms with Gasteiger partial charge in [0.05, 0.1) is 13.7 Å². The van der Waals surface area contributed by atoms with E-state index in [1.807, 2.05) is 20.8 Å². The van der Waals surface area contributed by atoms with E-state index in [9.17, 15) is 9.59 Å². The number of rotatable bonds is 7. The Kier molecular flexibility index (Phi) is 7.54. The molecule has 0 rings (SSSR count). The molecule has 0 aromatic rings. The number of ether oxygens (including phenoxy) is 1. The van der Waals surface area contributed by atoms with E-state index in [4.69, 9.17) is 0 Å². The molecule has 0 aromatic heterocycles. The number of hydrogen-bond acceptors (Lipinski definition) is 4. The molecular formula is C11H22N2O3. The van der Waals surface area contributed by atoms with Crippen molar-refractivity contribution in [1.29, 1.82) is 0 Å². The van der Waals surface area contributed by atoms with Gasteiger partial charge in [-0.3, -0.25) is 14.9 Å². The second-order valence-corrected chi connectivity index (χ2v) is 4.04. The van der Waals surface area contributed by atoms with E-state index in [1.54, 1.807) is 0 Å². The molecule has 2 N–H and O–H groups in total. The van der Waals surface area contributed by atoms with Gasteiger partial charge in [0.15, 0.2) is 0 Å². The molecule has 5 heteroatoms. The fourth-order valence-corrected chi connectivity index (χ4v) is 1.35. The van der Waals surface area contributed by atoms with Gasteiger partial charge in [0, 0.05) is 6.54 Å². The summed E-state index contributed by atoms with van der Waals surface area (Å²) in [7, 11) is 1.35. The number of likely N-dealkylation sites (N-methyl/N-ethyl adjacent to an activating group) is 1. The standard InChI is InChI=1S/C11H22N2O3/c1-5-12-10(14)7-13-9(6-8(2)3)11(15)16-4/h8-9,13H,5-7H2,1-4H3,(H,12,14). The van der Waals surface area contributed by atoms with Crippen LogP contribution in [0.5, 0.6) is 0 Å². The molecule has 5 nitrogen and oxygen atoms in total. The number of amides is 1. The highest BCUT2D eigenvalue weighted by molar-refractivity contribution is 5.80. The van der Waals surface area contributed by atoms with Gasteiger partial charge in [0.1, 0.15) is 6.04 Å². The van der Waals surface area contributed by atoms with Gasteiger partial charge in [-0.05, 0) is 19.3 Å². The summed E-state index contributed by atoms with van der Waals surface area (Å²) in [4.78, 5) is 22.6. The van der Waals surface area contributed by atoms with Crippen molar-refractivity contribution in [3.63, 3.8) is 0 Å². The minimum Gasteiger partial charge on any atom is -0.468 e. The summed E-state index contributed by atoms with van der Waals surface area (Å²) in [6.07, 6.45) is 0.659. The number of carbonyl (C=O) groups is 2. The molecule has 1 unspecified atom stereocenters. The van der Waals surface area contributed by atoms with Gasteiger partial charge in [-0.15, -0.1) is 0 Å². The van der Waals surface area contributed by atoms with Crippen LogP contribution in [0.15, 0.2) is 0 Å². The SMILES string of the molecule is CCNC(=O)CNC(CC(C)C)C(=O)OC. The summed E-state index contributed by atoms with van der Waals surface area (Å²) < 4.78 is 4.67. The lowest BCUT2D eigenvalue weighted by Crippen LogP contribution is -2.44. The molecule has 1 amide bonds. The maximum absolute atomic E-state index is 11.4. The van der Waals surface area contributed by atoms with Gasteiger partial charge >= 0.3 is 5.97 Å². The van der Waals surface area contributed by atoms with Crippen molar-refractivity contribution >= 4 is 11.9 Å². The highest BCUT2D eigenvalue weighted by Crippen LogP contribution is 2.05. The third kappa shape index (κ3) is 6.40. The predicted octanol–water partition coefficient (Wildman–Crippen LogP) is 0.300. The van der Waals surface area contributed by atoms with Crippen molar-refractivity contribution in [3.8, 4) is 0 Å². The highest BCUT2D eigenvalue weighted by atomic mass is 16.5. The van der Waals surface area contributed by atoms with E-state index in [-0.39, 0.29) is 18.4 Å². The molecule has 0 aromatic carbocycles. The number of carbonyl (C=O) groups excluding carboxylic acids is 2. The third-order valence-corrected chi connectivity index (χ3v) is 2.08. The second-order valence-electron chi connectivity index (χ2n) is 4.04. The second kappa shape index (κ2) is 8.10. The summed E-state index contributed by atoms with van der Waals surface area (Å²) in [6, 6.07) is -0.410. The van der Waals surface area contributed by atoms with Crippen LogP contribution in [0.3, 0.4) is 0 Å². The molecule has 0 heterocycles. The van der Waals surface area contributed by atoms with E-state index in [2.05, 4.69) is 15.4 Å². The molecule has 0 spiro atoms. The lowest BCUT2D eigenvalue weighted by Gasteiger charge is -2.17. The molecule has 0 radical (unpaired) electrons. The van der Waals surface area contributed by atoms with Crippen LogP contribution in [-0.2, 0) is 14.3 Å². The normalized spacial score (nSPS) is 12.3. The minimum absolute atomic E-state index is 0.111. The van der Waals surface area contributed by atoms with E-state index in [0.717, 1.165) is 0 Å². The molecule has 0 aliphatic rings. The summed E-state index contributed by atoms with van der Waals surface area (Å²) in [5, 5.41) is 5.56. The Hall–Kier alpha value is -1.10. The van der Waals surface area contributed by atoms with Crippen LogP contribution in [0.2, 0.25) is 0 Å². The molecule has 94 valence electrons. The van der Waals surface area contributed by atoms with Gasteiger partial charge in [-0.25, -0.2) is 0 Å². The largest absolute Gasteiger partial charge is 0.468 e. The van der Waals surface area contributed by atoms with Crippen molar-refractivity contribution in [2.45, 2.75) is 33.2 Å². The number of methoxy groups -OCH3 is 1. The first-order valence-corrected chi connectivity index (χ1v) is 5.59. The minimum atomic E-state index is -0.410. The fourth-order valence-electron chi connectivity index (χ4n) is 1.35. The zero-order valence-corrected chi connectivity index (χ0v) is 10.5. The summed E-state index contributed by atoms with van der Waals surface area (Å²) in [5.74, 6) is -0.0657. The van der Waals surface area contributed by atoms with Crippen molar-refractivity contribution < 1.29 is 14.3 Å². The van der Waals surface area contributed by atoms with Crippen molar-refractivity contribution in [2.24, 2.45) is 5.92 Å². The van der Waals surface area contributed by atoms with Crippen LogP contribution >= 0.6 is 0 Å². The van der Waals surface area contributed by atoms with Gasteiger partial charge in [-0.2, -0.15) is 0 Å². The van der Waals surface area contributed by atoms with E-state index >= 15 is 0 Å². The van der Waals surface area contributed by atoms with Gasteiger partial charge < -0.3 is 10.1 Å². The zero-order chi connectivity index (χ0) is 12.6. The van der Waals surface area contributed by atoms with Gasteiger partial charge in [0.25, 0.3) is 0 Å². The van der Waals surface area contributed by atoms with Crippen molar-refractivity contribution in [3.05, 3.63) is 0 Å². The lowest BCUT2D eigenvalue weighted by molar-refractivity contribution is -0.143. The average molecular weight is 230 g/mol. The molecule has 0 aliphatic carbocycles. The van der Waals surface area contributed by atoms with Crippen LogP contribution in [0.25, 0.3) is 0 Å².